The first-order valence-corrected chi connectivity index (χ1v) is 8.38. The fourth-order valence-electron chi connectivity index (χ4n) is 2.17. The molecule has 7 heteroatoms. The SMILES string of the molecule is CCCCOc1ccc(-c2nnn([C@@H](CC)C(=O)OCC)n2)cc1. The van der Waals surface area contributed by atoms with Gasteiger partial charge >= 0.3 is 5.97 Å². The molecule has 130 valence electrons. The van der Waals surface area contributed by atoms with Gasteiger partial charge in [-0.05, 0) is 49.2 Å². The zero-order chi connectivity index (χ0) is 17.4. The minimum Gasteiger partial charge on any atom is -0.494 e. The van der Waals surface area contributed by atoms with E-state index in [-0.39, 0.29) is 5.97 Å². The molecule has 0 spiro atoms. The monoisotopic (exact) mass is 332 g/mol. The molecule has 1 aromatic carbocycles. The Morgan fingerprint density at radius 2 is 1.96 bits per heavy atom. The Balaban J connectivity index is 2.08. The fraction of sp³-hybridized carbons (Fsp3) is 0.529. The lowest BCUT2D eigenvalue weighted by Crippen LogP contribution is -2.23. The Bertz CT molecular complexity index is 640. The van der Waals surface area contributed by atoms with E-state index in [4.69, 9.17) is 9.47 Å². The Hall–Kier alpha value is -2.44. The molecule has 2 aromatic rings. The number of benzene rings is 1. The summed E-state index contributed by atoms with van der Waals surface area (Å²) >= 11 is 0. The van der Waals surface area contributed by atoms with E-state index in [0.29, 0.717) is 25.5 Å². The summed E-state index contributed by atoms with van der Waals surface area (Å²) in [6, 6.07) is 6.98. The maximum Gasteiger partial charge on any atom is 0.332 e. The molecule has 0 aliphatic rings. The molecule has 24 heavy (non-hydrogen) atoms. The average Bonchev–Trinajstić information content (AvgIpc) is 3.06. The third kappa shape index (κ3) is 4.53. The van der Waals surface area contributed by atoms with Crippen molar-refractivity contribution in [3.8, 4) is 17.1 Å². The van der Waals surface area contributed by atoms with Crippen molar-refractivity contribution in [2.24, 2.45) is 0 Å². The van der Waals surface area contributed by atoms with Crippen LogP contribution in [0.15, 0.2) is 24.3 Å². The molecule has 1 atom stereocenters. The number of aromatic nitrogens is 4. The first-order valence-electron chi connectivity index (χ1n) is 8.38. The molecule has 0 amide bonds. The van der Waals surface area contributed by atoms with Crippen LogP contribution in [0.2, 0.25) is 0 Å². The van der Waals surface area contributed by atoms with Crippen LogP contribution >= 0.6 is 0 Å². The smallest absolute Gasteiger partial charge is 0.332 e. The number of carbonyl (C=O) groups is 1. The topological polar surface area (TPSA) is 79.1 Å². The molecule has 0 saturated carbocycles. The zero-order valence-electron chi connectivity index (χ0n) is 14.4. The van der Waals surface area contributed by atoms with Gasteiger partial charge in [0.2, 0.25) is 5.82 Å². The molecule has 7 nitrogen and oxygen atoms in total. The lowest BCUT2D eigenvalue weighted by molar-refractivity contribution is -0.148. The van der Waals surface area contributed by atoms with E-state index in [2.05, 4.69) is 22.3 Å². The number of ether oxygens (including phenoxy) is 2. The highest BCUT2D eigenvalue weighted by molar-refractivity contribution is 5.73. The summed E-state index contributed by atoms with van der Waals surface area (Å²) in [5, 5.41) is 12.3. The molecule has 0 saturated heterocycles. The Labute approximate surface area is 142 Å². The third-order valence-corrected chi connectivity index (χ3v) is 3.53. The van der Waals surface area contributed by atoms with E-state index in [1.807, 2.05) is 31.2 Å². The van der Waals surface area contributed by atoms with E-state index in [1.165, 1.54) is 4.80 Å². The average molecular weight is 332 g/mol. The van der Waals surface area contributed by atoms with Crippen molar-refractivity contribution in [1.82, 2.24) is 20.2 Å². The summed E-state index contributed by atoms with van der Waals surface area (Å²) in [4.78, 5) is 13.2. The van der Waals surface area contributed by atoms with Crippen LogP contribution in [0.5, 0.6) is 5.75 Å². The second-order valence-electron chi connectivity index (χ2n) is 5.34. The predicted octanol–water partition coefficient (Wildman–Crippen LogP) is 3.03. The van der Waals surface area contributed by atoms with E-state index >= 15 is 0 Å². The van der Waals surface area contributed by atoms with Crippen LogP contribution in [0.3, 0.4) is 0 Å². The third-order valence-electron chi connectivity index (χ3n) is 3.53. The molecule has 0 aliphatic carbocycles. The van der Waals surface area contributed by atoms with Gasteiger partial charge in [-0.15, -0.1) is 15.0 Å². The molecular weight excluding hydrogens is 308 g/mol. The molecule has 0 unspecified atom stereocenters. The van der Waals surface area contributed by atoms with Gasteiger partial charge in [0.1, 0.15) is 5.75 Å². The summed E-state index contributed by atoms with van der Waals surface area (Å²) in [5.41, 5.74) is 0.822. The van der Waals surface area contributed by atoms with Crippen molar-refractivity contribution in [3.05, 3.63) is 24.3 Å². The van der Waals surface area contributed by atoms with Crippen molar-refractivity contribution in [3.63, 3.8) is 0 Å². The van der Waals surface area contributed by atoms with E-state index in [0.717, 1.165) is 24.2 Å². The molecule has 2 rings (SSSR count). The minimum absolute atomic E-state index is 0.330. The highest BCUT2D eigenvalue weighted by Crippen LogP contribution is 2.20. The highest BCUT2D eigenvalue weighted by Gasteiger charge is 2.23. The normalized spacial score (nSPS) is 12.0. The van der Waals surface area contributed by atoms with Crippen molar-refractivity contribution < 1.29 is 14.3 Å². The summed E-state index contributed by atoms with van der Waals surface area (Å²) in [6.07, 6.45) is 2.67. The van der Waals surface area contributed by atoms with Crippen molar-refractivity contribution in [1.29, 1.82) is 0 Å². The number of unbranched alkanes of at least 4 members (excludes halogenated alkanes) is 1. The van der Waals surface area contributed by atoms with E-state index in [1.54, 1.807) is 6.92 Å². The lowest BCUT2D eigenvalue weighted by Gasteiger charge is -2.11. The van der Waals surface area contributed by atoms with Gasteiger partial charge in [0.05, 0.1) is 13.2 Å². The van der Waals surface area contributed by atoms with E-state index < -0.39 is 6.04 Å². The minimum atomic E-state index is -0.553. The largest absolute Gasteiger partial charge is 0.494 e. The van der Waals surface area contributed by atoms with Crippen molar-refractivity contribution in [2.45, 2.75) is 46.1 Å². The fourth-order valence-corrected chi connectivity index (χ4v) is 2.17. The van der Waals surface area contributed by atoms with E-state index in [9.17, 15) is 4.79 Å². The standard InChI is InChI=1S/C17H24N4O3/c1-4-7-12-24-14-10-8-13(9-11-14)16-18-20-21(19-16)15(5-2)17(22)23-6-3/h8-11,15H,4-7,12H2,1-3H3/t15-/m0/s1. The van der Waals surface area contributed by atoms with Crippen molar-refractivity contribution in [2.75, 3.05) is 13.2 Å². The molecule has 0 bridgehead atoms. The van der Waals surface area contributed by atoms with Gasteiger partial charge in [-0.2, -0.15) is 0 Å². The molecule has 1 heterocycles. The van der Waals surface area contributed by atoms with Crippen LogP contribution in [-0.4, -0.2) is 39.4 Å². The first-order chi connectivity index (χ1) is 11.7. The number of carbonyl (C=O) groups excluding carboxylic acids is 1. The summed E-state index contributed by atoms with van der Waals surface area (Å²) in [7, 11) is 0. The quantitative estimate of drug-likeness (QED) is 0.519. The van der Waals surface area contributed by atoms with Gasteiger partial charge in [0.25, 0.3) is 0 Å². The van der Waals surface area contributed by atoms with Crippen molar-refractivity contribution >= 4 is 5.97 Å². The summed E-state index contributed by atoms with van der Waals surface area (Å²) in [5.74, 6) is 0.944. The zero-order valence-corrected chi connectivity index (χ0v) is 14.4. The second kappa shape index (κ2) is 9.00. The lowest BCUT2D eigenvalue weighted by atomic mass is 10.2. The Morgan fingerprint density at radius 3 is 2.58 bits per heavy atom. The molecular formula is C17H24N4O3. The summed E-state index contributed by atoms with van der Waals surface area (Å²) in [6.45, 7) is 6.82. The molecule has 0 aliphatic heterocycles. The van der Waals surface area contributed by atoms with Crippen LogP contribution < -0.4 is 4.74 Å². The molecule has 0 fully saturated rings. The van der Waals surface area contributed by atoms with Gasteiger partial charge in [-0.25, -0.2) is 4.79 Å². The maximum atomic E-state index is 11.9. The number of hydrogen-bond donors (Lipinski definition) is 0. The Morgan fingerprint density at radius 1 is 1.21 bits per heavy atom. The second-order valence-corrected chi connectivity index (χ2v) is 5.34. The first kappa shape index (κ1) is 17.9. The summed E-state index contributed by atoms with van der Waals surface area (Å²) < 4.78 is 10.7. The maximum absolute atomic E-state index is 11.9. The molecule has 0 N–H and O–H groups in total. The Kier molecular flexibility index (Phi) is 6.72. The van der Waals surface area contributed by atoms with Crippen LogP contribution in [0, 0.1) is 0 Å². The van der Waals surface area contributed by atoms with Crippen LogP contribution in [0.4, 0.5) is 0 Å². The number of hydrogen-bond acceptors (Lipinski definition) is 6. The van der Waals surface area contributed by atoms with Gasteiger partial charge in [-0.1, -0.05) is 20.3 Å². The van der Waals surface area contributed by atoms with Gasteiger partial charge in [0, 0.05) is 5.56 Å². The molecule has 1 aromatic heterocycles. The highest BCUT2D eigenvalue weighted by atomic mass is 16.5. The number of nitrogens with zero attached hydrogens (tertiary/aromatic N) is 4. The van der Waals surface area contributed by atoms with Gasteiger partial charge in [-0.3, -0.25) is 0 Å². The number of tetrazole rings is 1. The predicted molar refractivity (Wildman–Crippen MR) is 89.6 cm³/mol. The van der Waals surface area contributed by atoms with Crippen LogP contribution in [0.1, 0.15) is 46.1 Å². The van der Waals surface area contributed by atoms with Gasteiger partial charge in [0.15, 0.2) is 6.04 Å². The number of rotatable bonds is 9. The number of esters is 1. The van der Waals surface area contributed by atoms with Crippen LogP contribution in [0.25, 0.3) is 11.4 Å². The van der Waals surface area contributed by atoms with Crippen LogP contribution in [-0.2, 0) is 9.53 Å². The molecule has 0 radical (unpaired) electrons. The van der Waals surface area contributed by atoms with Gasteiger partial charge < -0.3 is 9.47 Å².